The fourth-order valence-corrected chi connectivity index (χ4v) is 1.81. The topological polar surface area (TPSA) is 21.3 Å². The van der Waals surface area contributed by atoms with Crippen LogP contribution in [0.15, 0.2) is 24.3 Å². The van der Waals surface area contributed by atoms with Gasteiger partial charge in [-0.25, -0.2) is 0 Å². The molecule has 86 valence electrons. The number of ether oxygens (including phenoxy) is 1. The molecule has 2 nitrogen and oxygen atoms in total. The van der Waals surface area contributed by atoms with Gasteiger partial charge in [-0.3, -0.25) is 0 Å². The monoisotopic (exact) mass is 217 g/mol. The second-order valence-corrected chi connectivity index (χ2v) is 4.30. The van der Waals surface area contributed by atoms with Gasteiger partial charge in [-0.05, 0) is 38.6 Å². The molecule has 1 unspecified atom stereocenters. The number of likely N-dealkylation sites (N-methyl/N-ethyl adjacent to an activating group) is 1. The molecule has 1 N–H and O–H groups in total. The van der Waals surface area contributed by atoms with Crippen molar-refractivity contribution in [1.29, 1.82) is 0 Å². The molecule has 0 bridgehead atoms. The van der Waals surface area contributed by atoms with Gasteiger partial charge in [-0.1, -0.05) is 18.1 Å². The molecule has 0 aromatic heterocycles. The average molecular weight is 217 g/mol. The summed E-state index contributed by atoms with van der Waals surface area (Å²) in [5, 5.41) is 3.27. The van der Waals surface area contributed by atoms with E-state index in [0.29, 0.717) is 0 Å². The standard InChI is InChI=1S/C14H19NO/c1-6-11-7-9-12(10-8-11)13(15-4)14(2,3)16-5/h1,7-10,13,15H,2-5H3. The maximum Gasteiger partial charge on any atom is 0.0816 e. The highest BCUT2D eigenvalue weighted by molar-refractivity contribution is 5.35. The van der Waals surface area contributed by atoms with Crippen molar-refractivity contribution in [3.63, 3.8) is 0 Å². The molecule has 0 saturated carbocycles. The smallest absolute Gasteiger partial charge is 0.0816 e. The average Bonchev–Trinajstić information content (AvgIpc) is 2.30. The Morgan fingerprint density at radius 3 is 2.25 bits per heavy atom. The molecule has 1 aromatic carbocycles. The summed E-state index contributed by atoms with van der Waals surface area (Å²) in [5.74, 6) is 2.61. The summed E-state index contributed by atoms with van der Waals surface area (Å²) in [4.78, 5) is 0. The third-order valence-electron chi connectivity index (χ3n) is 2.92. The molecule has 1 rings (SSSR count). The van der Waals surface area contributed by atoms with E-state index in [0.717, 1.165) is 5.56 Å². The second-order valence-electron chi connectivity index (χ2n) is 4.30. The number of benzene rings is 1. The van der Waals surface area contributed by atoms with Crippen LogP contribution in [0.4, 0.5) is 0 Å². The summed E-state index contributed by atoms with van der Waals surface area (Å²) in [5.41, 5.74) is 1.81. The molecule has 0 heterocycles. The van der Waals surface area contributed by atoms with Crippen molar-refractivity contribution in [2.45, 2.75) is 25.5 Å². The number of hydrogen-bond donors (Lipinski definition) is 1. The fourth-order valence-electron chi connectivity index (χ4n) is 1.81. The zero-order valence-corrected chi connectivity index (χ0v) is 10.4. The fraction of sp³-hybridized carbons (Fsp3) is 0.429. The minimum absolute atomic E-state index is 0.143. The zero-order chi connectivity index (χ0) is 12.2. The van der Waals surface area contributed by atoms with Crippen molar-refractivity contribution >= 4 is 0 Å². The molecule has 0 radical (unpaired) electrons. The molecule has 0 aliphatic carbocycles. The predicted molar refractivity (Wildman–Crippen MR) is 67.3 cm³/mol. The van der Waals surface area contributed by atoms with Crippen molar-refractivity contribution < 1.29 is 4.74 Å². The maximum atomic E-state index is 5.50. The lowest BCUT2D eigenvalue weighted by atomic mass is 9.91. The summed E-state index contributed by atoms with van der Waals surface area (Å²) >= 11 is 0. The number of nitrogens with one attached hydrogen (secondary N) is 1. The first-order chi connectivity index (χ1) is 7.55. The molecule has 0 aliphatic heterocycles. The number of rotatable bonds is 4. The van der Waals surface area contributed by atoms with E-state index in [1.807, 2.05) is 31.3 Å². The van der Waals surface area contributed by atoms with Crippen molar-refractivity contribution in [3.8, 4) is 12.3 Å². The van der Waals surface area contributed by atoms with Crippen LogP contribution in [-0.4, -0.2) is 19.8 Å². The van der Waals surface area contributed by atoms with Crippen LogP contribution < -0.4 is 5.32 Å². The molecular weight excluding hydrogens is 198 g/mol. The van der Waals surface area contributed by atoms with Gasteiger partial charge in [0, 0.05) is 12.7 Å². The lowest BCUT2D eigenvalue weighted by Gasteiger charge is -2.33. The molecule has 1 aromatic rings. The lowest BCUT2D eigenvalue weighted by Crippen LogP contribution is -2.39. The van der Waals surface area contributed by atoms with Crippen LogP contribution in [0.3, 0.4) is 0 Å². The third-order valence-corrected chi connectivity index (χ3v) is 2.92. The molecule has 16 heavy (non-hydrogen) atoms. The Bertz CT molecular complexity index is 373. The first-order valence-electron chi connectivity index (χ1n) is 5.34. The van der Waals surface area contributed by atoms with Crippen molar-refractivity contribution in [3.05, 3.63) is 35.4 Å². The van der Waals surface area contributed by atoms with Crippen LogP contribution in [0.5, 0.6) is 0 Å². The molecule has 0 amide bonds. The Balaban J connectivity index is 3.01. The largest absolute Gasteiger partial charge is 0.377 e. The van der Waals surface area contributed by atoms with Gasteiger partial charge in [0.2, 0.25) is 0 Å². The number of methoxy groups -OCH3 is 1. The highest BCUT2D eigenvalue weighted by Gasteiger charge is 2.29. The molecule has 0 aliphatic rings. The molecular formula is C14H19NO. The van der Waals surface area contributed by atoms with Crippen LogP contribution in [0, 0.1) is 12.3 Å². The second kappa shape index (κ2) is 5.16. The molecule has 0 saturated heterocycles. The summed E-state index contributed by atoms with van der Waals surface area (Å²) in [6.07, 6.45) is 5.33. The normalized spacial score (nSPS) is 13.2. The Kier molecular flexibility index (Phi) is 4.12. The van der Waals surface area contributed by atoms with Crippen LogP contribution in [0.1, 0.15) is 31.0 Å². The zero-order valence-electron chi connectivity index (χ0n) is 10.4. The van der Waals surface area contributed by atoms with Gasteiger partial charge in [-0.2, -0.15) is 0 Å². The summed E-state index contributed by atoms with van der Waals surface area (Å²) in [7, 11) is 3.65. The van der Waals surface area contributed by atoms with Gasteiger partial charge in [0.25, 0.3) is 0 Å². The van der Waals surface area contributed by atoms with E-state index in [2.05, 4.69) is 25.1 Å². The maximum absolute atomic E-state index is 5.50. The van der Waals surface area contributed by atoms with Crippen LogP contribution in [-0.2, 0) is 4.74 Å². The minimum atomic E-state index is -0.258. The molecule has 2 heteroatoms. The highest BCUT2D eigenvalue weighted by Crippen LogP contribution is 2.27. The quantitative estimate of drug-likeness (QED) is 0.782. The predicted octanol–water partition coefficient (Wildman–Crippen LogP) is 2.35. The molecule has 0 fully saturated rings. The highest BCUT2D eigenvalue weighted by atomic mass is 16.5. The Morgan fingerprint density at radius 2 is 1.88 bits per heavy atom. The van der Waals surface area contributed by atoms with E-state index in [9.17, 15) is 0 Å². The van der Waals surface area contributed by atoms with E-state index in [4.69, 9.17) is 11.2 Å². The van der Waals surface area contributed by atoms with Crippen LogP contribution in [0.25, 0.3) is 0 Å². The van der Waals surface area contributed by atoms with Gasteiger partial charge in [0.1, 0.15) is 0 Å². The number of hydrogen-bond acceptors (Lipinski definition) is 2. The van der Waals surface area contributed by atoms with Gasteiger partial charge < -0.3 is 10.1 Å². The van der Waals surface area contributed by atoms with E-state index in [1.165, 1.54) is 5.56 Å². The first-order valence-corrected chi connectivity index (χ1v) is 5.34. The Morgan fingerprint density at radius 1 is 1.31 bits per heavy atom. The van der Waals surface area contributed by atoms with Crippen LogP contribution in [0.2, 0.25) is 0 Å². The van der Waals surface area contributed by atoms with Crippen molar-refractivity contribution in [2.24, 2.45) is 0 Å². The molecule has 0 spiro atoms. The first kappa shape index (κ1) is 12.8. The Hall–Kier alpha value is -1.30. The van der Waals surface area contributed by atoms with Gasteiger partial charge in [0.05, 0.1) is 11.6 Å². The van der Waals surface area contributed by atoms with Crippen molar-refractivity contribution in [1.82, 2.24) is 5.32 Å². The summed E-state index contributed by atoms with van der Waals surface area (Å²) in [6.45, 7) is 4.12. The van der Waals surface area contributed by atoms with Crippen LogP contribution >= 0.6 is 0 Å². The molecule has 1 atom stereocenters. The van der Waals surface area contributed by atoms with E-state index < -0.39 is 0 Å². The SMILES string of the molecule is C#Cc1ccc(C(NC)C(C)(C)OC)cc1. The third kappa shape index (κ3) is 2.63. The van der Waals surface area contributed by atoms with Gasteiger partial charge in [0.15, 0.2) is 0 Å². The van der Waals surface area contributed by atoms with Gasteiger partial charge >= 0.3 is 0 Å². The number of terminal acetylenes is 1. The lowest BCUT2D eigenvalue weighted by molar-refractivity contribution is -0.00898. The summed E-state index contributed by atoms with van der Waals surface area (Å²) < 4.78 is 5.50. The van der Waals surface area contributed by atoms with Gasteiger partial charge in [-0.15, -0.1) is 6.42 Å². The minimum Gasteiger partial charge on any atom is -0.377 e. The summed E-state index contributed by atoms with van der Waals surface area (Å²) in [6, 6.07) is 8.12. The van der Waals surface area contributed by atoms with Crippen molar-refractivity contribution in [2.75, 3.05) is 14.2 Å². The van der Waals surface area contributed by atoms with E-state index >= 15 is 0 Å². The Labute approximate surface area is 98.0 Å². The van der Waals surface area contributed by atoms with E-state index in [-0.39, 0.29) is 11.6 Å². The van der Waals surface area contributed by atoms with E-state index in [1.54, 1.807) is 7.11 Å².